The molecule has 0 aliphatic rings. The number of hydrogen-bond acceptors (Lipinski definition) is 5. The van der Waals surface area contributed by atoms with Crippen molar-refractivity contribution in [3.8, 4) is 5.75 Å². The van der Waals surface area contributed by atoms with E-state index in [4.69, 9.17) is 20.8 Å². The van der Waals surface area contributed by atoms with Crippen LogP contribution >= 0.6 is 11.6 Å². The minimum Gasteiger partial charge on any atom is -0.497 e. The molecule has 3 amide bonds. The molecular formula is C31H28ClN3O5. The highest BCUT2D eigenvalue weighted by atomic mass is 35.5. The van der Waals surface area contributed by atoms with Gasteiger partial charge >= 0.3 is 0 Å². The first-order chi connectivity index (χ1) is 19.3. The highest BCUT2D eigenvalue weighted by Gasteiger charge is 2.32. The molecule has 0 unspecified atom stereocenters. The molecule has 1 aromatic heterocycles. The molecule has 0 aliphatic heterocycles. The van der Waals surface area contributed by atoms with Crippen LogP contribution in [0.1, 0.15) is 22.9 Å². The number of nitrogens with one attached hydrogen (secondary N) is 2. The molecule has 40 heavy (non-hydrogen) atoms. The number of anilines is 2. The van der Waals surface area contributed by atoms with Crippen LogP contribution in [0.2, 0.25) is 5.02 Å². The van der Waals surface area contributed by atoms with E-state index in [1.165, 1.54) is 18.3 Å². The lowest BCUT2D eigenvalue weighted by Gasteiger charge is -2.31. The molecule has 0 bridgehead atoms. The van der Waals surface area contributed by atoms with Crippen molar-refractivity contribution >= 4 is 40.7 Å². The number of hydrogen-bond donors (Lipinski definition) is 2. The Morgan fingerprint density at radius 1 is 0.950 bits per heavy atom. The molecule has 4 rings (SSSR count). The van der Waals surface area contributed by atoms with Crippen molar-refractivity contribution in [1.82, 2.24) is 5.32 Å². The third-order valence-electron chi connectivity index (χ3n) is 5.99. The summed E-state index contributed by atoms with van der Waals surface area (Å²) in [5.74, 6) is -0.363. The van der Waals surface area contributed by atoms with Gasteiger partial charge in [-0.15, -0.1) is 0 Å². The van der Waals surface area contributed by atoms with Crippen molar-refractivity contribution in [3.63, 3.8) is 0 Å². The van der Waals surface area contributed by atoms with Gasteiger partial charge in [-0.25, -0.2) is 0 Å². The molecule has 0 radical (unpaired) electrons. The first kappa shape index (κ1) is 28.2. The number of carbonyl (C=O) groups is 3. The van der Waals surface area contributed by atoms with Crippen LogP contribution in [0.4, 0.5) is 11.4 Å². The van der Waals surface area contributed by atoms with E-state index in [0.717, 1.165) is 17.7 Å². The van der Waals surface area contributed by atoms with Crippen LogP contribution in [0, 0.1) is 6.92 Å². The van der Waals surface area contributed by atoms with E-state index in [0.29, 0.717) is 33.5 Å². The van der Waals surface area contributed by atoms with Crippen LogP contribution < -0.4 is 20.3 Å². The minimum absolute atomic E-state index is 0.137. The van der Waals surface area contributed by atoms with Crippen LogP contribution in [-0.4, -0.2) is 24.8 Å². The first-order valence-corrected chi connectivity index (χ1v) is 12.8. The number of nitrogens with zero attached hydrogens (tertiary/aromatic N) is 1. The molecule has 204 valence electrons. The summed E-state index contributed by atoms with van der Waals surface area (Å²) in [6.45, 7) is 2.07. The lowest BCUT2D eigenvalue weighted by Crippen LogP contribution is -2.43. The molecule has 0 saturated carbocycles. The van der Waals surface area contributed by atoms with E-state index >= 15 is 0 Å². The zero-order valence-corrected chi connectivity index (χ0v) is 22.7. The van der Waals surface area contributed by atoms with Crippen molar-refractivity contribution in [2.24, 2.45) is 0 Å². The summed E-state index contributed by atoms with van der Waals surface area (Å²) in [6, 6.07) is 23.1. The normalized spacial score (nSPS) is 11.6. The van der Waals surface area contributed by atoms with Crippen molar-refractivity contribution in [3.05, 3.63) is 125 Å². The average Bonchev–Trinajstić information content (AvgIpc) is 3.49. The highest BCUT2D eigenvalue weighted by Crippen LogP contribution is 2.30. The number of amides is 3. The van der Waals surface area contributed by atoms with E-state index in [1.54, 1.807) is 72.8 Å². The van der Waals surface area contributed by atoms with Crippen LogP contribution in [0.25, 0.3) is 0 Å². The zero-order valence-electron chi connectivity index (χ0n) is 22.0. The number of furan rings is 1. The molecule has 0 spiro atoms. The zero-order chi connectivity index (χ0) is 28.5. The first-order valence-electron chi connectivity index (χ1n) is 12.4. The van der Waals surface area contributed by atoms with Crippen molar-refractivity contribution in [2.45, 2.75) is 19.5 Å². The average molecular weight is 558 g/mol. The Morgan fingerprint density at radius 3 is 2.27 bits per heavy atom. The van der Waals surface area contributed by atoms with E-state index in [2.05, 4.69) is 10.6 Å². The third-order valence-corrected chi connectivity index (χ3v) is 6.25. The van der Waals surface area contributed by atoms with Gasteiger partial charge in [0, 0.05) is 28.5 Å². The maximum atomic E-state index is 13.7. The Morgan fingerprint density at radius 2 is 1.65 bits per heavy atom. The number of methoxy groups -OCH3 is 1. The van der Waals surface area contributed by atoms with Gasteiger partial charge in [-0.1, -0.05) is 41.4 Å². The van der Waals surface area contributed by atoms with E-state index in [1.807, 2.05) is 19.1 Å². The highest BCUT2D eigenvalue weighted by molar-refractivity contribution is 6.30. The Balaban J connectivity index is 1.67. The topological polar surface area (TPSA) is 101 Å². The largest absolute Gasteiger partial charge is 0.497 e. The van der Waals surface area contributed by atoms with Gasteiger partial charge in [-0.3, -0.25) is 19.3 Å². The van der Waals surface area contributed by atoms with E-state index in [9.17, 15) is 14.4 Å². The Labute approximate surface area is 237 Å². The summed E-state index contributed by atoms with van der Waals surface area (Å²) in [4.78, 5) is 41.3. The monoisotopic (exact) mass is 557 g/mol. The molecule has 1 heterocycles. The second-order valence-corrected chi connectivity index (χ2v) is 9.28. The molecular weight excluding hydrogens is 530 g/mol. The fourth-order valence-corrected chi connectivity index (χ4v) is 4.07. The van der Waals surface area contributed by atoms with Gasteiger partial charge in [-0.2, -0.15) is 0 Å². The molecule has 8 nitrogen and oxygen atoms in total. The minimum atomic E-state index is -1.06. The molecule has 0 fully saturated rings. The summed E-state index contributed by atoms with van der Waals surface area (Å²) in [5.41, 5.74) is 2.55. The summed E-state index contributed by atoms with van der Waals surface area (Å²) in [6.07, 6.45) is 3.78. The number of aryl methyl sites for hydroxylation is 1. The molecule has 0 saturated heterocycles. The quantitative estimate of drug-likeness (QED) is 0.239. The SMILES string of the molecule is COc1ccc(N(C(=O)/C=C\C(=O)Nc2ccc(Cl)cc2)[C@H](C(=O)NCc2ccco2)c2ccc(C)cc2)cc1. The van der Waals surface area contributed by atoms with Crippen molar-refractivity contribution in [2.75, 3.05) is 17.3 Å². The second-order valence-electron chi connectivity index (χ2n) is 8.85. The second kappa shape index (κ2) is 13.3. The summed E-state index contributed by atoms with van der Waals surface area (Å²) < 4.78 is 10.6. The fraction of sp³-hybridized carbons (Fsp3) is 0.129. The molecule has 1 atom stereocenters. The van der Waals surface area contributed by atoms with E-state index in [-0.39, 0.29) is 6.54 Å². The standard InChI is InChI=1S/C31H28ClN3O5/c1-21-5-7-22(8-6-21)30(31(38)33-20-27-4-3-19-40-27)35(25-13-15-26(39-2)16-14-25)29(37)18-17-28(36)34-24-11-9-23(32)10-12-24/h3-19,30H,20H2,1-2H3,(H,33,38)(H,34,36)/b18-17-/t30-/m0/s1. The van der Waals surface area contributed by atoms with Crippen LogP contribution in [0.15, 0.2) is 108 Å². The van der Waals surface area contributed by atoms with Gasteiger partial charge in [-0.05, 0) is 73.2 Å². The number of benzene rings is 3. The van der Waals surface area contributed by atoms with Crippen LogP contribution in [0.3, 0.4) is 0 Å². The third kappa shape index (κ3) is 7.39. The maximum absolute atomic E-state index is 13.7. The smallest absolute Gasteiger partial charge is 0.252 e. The van der Waals surface area contributed by atoms with Crippen molar-refractivity contribution < 1.29 is 23.5 Å². The Hall–Kier alpha value is -4.82. The lowest BCUT2D eigenvalue weighted by atomic mass is 10.0. The van der Waals surface area contributed by atoms with Gasteiger partial charge in [0.15, 0.2) is 0 Å². The van der Waals surface area contributed by atoms with Gasteiger partial charge in [0.2, 0.25) is 11.8 Å². The number of ether oxygens (including phenoxy) is 1. The predicted molar refractivity (Wildman–Crippen MR) is 154 cm³/mol. The van der Waals surface area contributed by atoms with Gasteiger partial charge in [0.1, 0.15) is 17.6 Å². The molecule has 2 N–H and O–H groups in total. The molecule has 0 aliphatic carbocycles. The van der Waals surface area contributed by atoms with Gasteiger partial charge in [0.25, 0.3) is 5.91 Å². The summed E-state index contributed by atoms with van der Waals surface area (Å²) >= 11 is 5.91. The molecule has 4 aromatic rings. The lowest BCUT2D eigenvalue weighted by molar-refractivity contribution is -0.125. The van der Waals surface area contributed by atoms with Gasteiger partial charge < -0.3 is 19.8 Å². The Kier molecular flexibility index (Phi) is 9.38. The van der Waals surface area contributed by atoms with Gasteiger partial charge in [0.05, 0.1) is 19.9 Å². The van der Waals surface area contributed by atoms with E-state index < -0.39 is 23.8 Å². The summed E-state index contributed by atoms with van der Waals surface area (Å²) in [7, 11) is 1.54. The molecule has 3 aromatic carbocycles. The Bertz CT molecular complexity index is 1470. The summed E-state index contributed by atoms with van der Waals surface area (Å²) in [5, 5.41) is 6.08. The number of halogens is 1. The van der Waals surface area contributed by atoms with Crippen LogP contribution in [0.5, 0.6) is 5.75 Å². The molecule has 9 heteroatoms. The maximum Gasteiger partial charge on any atom is 0.252 e. The predicted octanol–water partition coefficient (Wildman–Crippen LogP) is 5.84. The number of rotatable bonds is 10. The fourth-order valence-electron chi connectivity index (χ4n) is 3.94. The number of carbonyl (C=O) groups excluding carboxylic acids is 3. The van der Waals surface area contributed by atoms with Crippen LogP contribution in [-0.2, 0) is 20.9 Å². The van der Waals surface area contributed by atoms with Crippen molar-refractivity contribution in [1.29, 1.82) is 0 Å².